The molecular weight excluding hydrogens is 326 g/mol. The van der Waals surface area contributed by atoms with Crippen LogP contribution in [0.15, 0.2) is 42.5 Å². The van der Waals surface area contributed by atoms with E-state index in [1.165, 1.54) is 5.56 Å². The van der Waals surface area contributed by atoms with Gasteiger partial charge >= 0.3 is 0 Å². The molecule has 5 heteroatoms. The maximum atomic E-state index is 13.5. The molecule has 2 rings (SSSR count). The van der Waals surface area contributed by atoms with Crippen molar-refractivity contribution < 1.29 is 8.78 Å². The molecule has 0 aliphatic heterocycles. The topological polar surface area (TPSA) is 24.1 Å². The molecule has 0 amide bonds. The summed E-state index contributed by atoms with van der Waals surface area (Å²) in [5.74, 6) is -0.921. The van der Waals surface area contributed by atoms with Gasteiger partial charge in [-0.05, 0) is 47.0 Å². The summed E-state index contributed by atoms with van der Waals surface area (Å²) < 4.78 is 26.6. The first kappa shape index (κ1) is 18.3. The minimum absolute atomic E-state index is 0.123. The van der Waals surface area contributed by atoms with E-state index in [1.807, 2.05) is 0 Å². The van der Waals surface area contributed by atoms with E-state index in [-0.39, 0.29) is 17.5 Å². The Bertz CT molecular complexity index is 706. The first-order chi connectivity index (χ1) is 11.3. The van der Waals surface area contributed by atoms with Crippen LogP contribution in [-0.4, -0.2) is 5.11 Å². The maximum Gasteiger partial charge on any atom is 0.166 e. The summed E-state index contributed by atoms with van der Waals surface area (Å²) >= 11 is 5.18. The fraction of sp³-hybridized carbons (Fsp3) is 0.316. The van der Waals surface area contributed by atoms with Crippen LogP contribution >= 0.6 is 12.2 Å². The van der Waals surface area contributed by atoms with E-state index in [0.29, 0.717) is 11.7 Å². The molecule has 0 atom stereocenters. The molecule has 0 saturated carbocycles. The molecule has 0 radical (unpaired) electrons. The normalized spacial score (nSPS) is 11.2. The third-order valence-corrected chi connectivity index (χ3v) is 4.01. The summed E-state index contributed by atoms with van der Waals surface area (Å²) in [5.41, 5.74) is 2.74. The van der Waals surface area contributed by atoms with Crippen molar-refractivity contribution in [1.82, 2.24) is 10.6 Å². The van der Waals surface area contributed by atoms with Crippen LogP contribution in [0.5, 0.6) is 0 Å². The zero-order valence-electron chi connectivity index (χ0n) is 14.1. The van der Waals surface area contributed by atoms with Crippen LogP contribution < -0.4 is 10.6 Å². The number of benzene rings is 2. The molecular formula is C19H22F2N2S. The highest BCUT2D eigenvalue weighted by molar-refractivity contribution is 7.80. The van der Waals surface area contributed by atoms with Gasteiger partial charge in [-0.2, -0.15) is 0 Å². The van der Waals surface area contributed by atoms with Crippen LogP contribution in [0.2, 0.25) is 0 Å². The average molecular weight is 348 g/mol. The van der Waals surface area contributed by atoms with Gasteiger partial charge in [0.2, 0.25) is 0 Å². The fourth-order valence-electron chi connectivity index (χ4n) is 2.22. The molecule has 24 heavy (non-hydrogen) atoms. The van der Waals surface area contributed by atoms with Gasteiger partial charge in [0.1, 0.15) is 11.6 Å². The summed E-state index contributed by atoms with van der Waals surface area (Å²) in [7, 11) is 0. The van der Waals surface area contributed by atoms with E-state index in [0.717, 1.165) is 23.8 Å². The van der Waals surface area contributed by atoms with Crippen molar-refractivity contribution in [3.05, 3.63) is 70.8 Å². The lowest BCUT2D eigenvalue weighted by Gasteiger charge is -2.19. The molecule has 0 bridgehead atoms. The van der Waals surface area contributed by atoms with Gasteiger partial charge < -0.3 is 10.6 Å². The largest absolute Gasteiger partial charge is 0.359 e. The Morgan fingerprint density at radius 1 is 0.958 bits per heavy atom. The molecule has 0 aromatic heterocycles. The number of nitrogens with one attached hydrogen (secondary N) is 2. The van der Waals surface area contributed by atoms with Crippen molar-refractivity contribution in [2.45, 2.75) is 39.3 Å². The Hall–Kier alpha value is -2.01. The van der Waals surface area contributed by atoms with Crippen LogP contribution in [0.1, 0.15) is 37.5 Å². The number of rotatable bonds is 4. The van der Waals surface area contributed by atoms with Crippen LogP contribution in [0, 0.1) is 11.6 Å². The molecule has 0 aliphatic carbocycles. The Morgan fingerprint density at radius 2 is 1.58 bits per heavy atom. The Balaban J connectivity index is 1.84. The van der Waals surface area contributed by atoms with E-state index in [9.17, 15) is 8.78 Å². The van der Waals surface area contributed by atoms with Gasteiger partial charge in [0, 0.05) is 18.7 Å². The molecule has 128 valence electrons. The highest BCUT2D eigenvalue weighted by atomic mass is 32.1. The van der Waals surface area contributed by atoms with Gasteiger partial charge in [0.15, 0.2) is 5.11 Å². The van der Waals surface area contributed by atoms with Crippen molar-refractivity contribution in [3.8, 4) is 0 Å². The summed E-state index contributed by atoms with van der Waals surface area (Å²) in [4.78, 5) is 0. The molecule has 0 fully saturated rings. The molecule has 0 heterocycles. The zero-order chi connectivity index (χ0) is 17.7. The lowest BCUT2D eigenvalue weighted by atomic mass is 9.87. The van der Waals surface area contributed by atoms with Gasteiger partial charge in [0.05, 0.1) is 0 Å². The van der Waals surface area contributed by atoms with Gasteiger partial charge in [-0.3, -0.25) is 0 Å². The number of hydrogen-bond donors (Lipinski definition) is 2. The van der Waals surface area contributed by atoms with Gasteiger partial charge in [-0.15, -0.1) is 0 Å². The molecule has 2 nitrogen and oxygen atoms in total. The molecule has 0 aliphatic rings. The average Bonchev–Trinajstić information content (AvgIpc) is 2.53. The molecule has 0 unspecified atom stereocenters. The summed E-state index contributed by atoms with van der Waals surface area (Å²) in [5, 5.41) is 6.35. The lowest BCUT2D eigenvalue weighted by Crippen LogP contribution is -2.34. The second kappa shape index (κ2) is 7.71. The van der Waals surface area contributed by atoms with Gasteiger partial charge in [-0.1, -0.05) is 45.0 Å². The standard InChI is InChI=1S/C19H22F2N2S/c1-19(2,3)15-6-4-13(5-7-15)11-22-18(24)23-12-14-10-16(20)8-9-17(14)21/h4-10H,11-12H2,1-3H3,(H2,22,23,24). The van der Waals surface area contributed by atoms with Crippen LogP contribution in [0.4, 0.5) is 8.78 Å². The van der Waals surface area contributed by atoms with E-state index >= 15 is 0 Å². The fourth-order valence-corrected chi connectivity index (χ4v) is 2.37. The highest BCUT2D eigenvalue weighted by Gasteiger charge is 2.12. The van der Waals surface area contributed by atoms with Crippen molar-refractivity contribution in [3.63, 3.8) is 0 Å². The first-order valence-corrected chi connectivity index (χ1v) is 8.21. The minimum Gasteiger partial charge on any atom is -0.359 e. The van der Waals surface area contributed by atoms with Gasteiger partial charge in [-0.25, -0.2) is 8.78 Å². The van der Waals surface area contributed by atoms with Crippen LogP contribution in [-0.2, 0) is 18.5 Å². The van der Waals surface area contributed by atoms with Crippen molar-refractivity contribution in [2.24, 2.45) is 0 Å². The summed E-state index contributed by atoms with van der Waals surface area (Å²) in [6, 6.07) is 11.7. The van der Waals surface area contributed by atoms with E-state index in [2.05, 4.69) is 55.7 Å². The van der Waals surface area contributed by atoms with E-state index in [1.54, 1.807) is 0 Å². The quantitative estimate of drug-likeness (QED) is 0.800. The third kappa shape index (κ3) is 5.27. The Kier molecular flexibility index (Phi) is 5.89. The summed E-state index contributed by atoms with van der Waals surface area (Å²) in [6.07, 6.45) is 0. The third-order valence-electron chi connectivity index (χ3n) is 3.72. The second-order valence-electron chi connectivity index (χ2n) is 6.72. The molecule has 2 aromatic carbocycles. The monoisotopic (exact) mass is 348 g/mol. The van der Waals surface area contributed by atoms with Crippen molar-refractivity contribution >= 4 is 17.3 Å². The first-order valence-electron chi connectivity index (χ1n) is 7.81. The predicted molar refractivity (Wildman–Crippen MR) is 97.8 cm³/mol. The number of hydrogen-bond acceptors (Lipinski definition) is 1. The molecule has 0 saturated heterocycles. The van der Waals surface area contributed by atoms with Crippen LogP contribution in [0.3, 0.4) is 0 Å². The second-order valence-corrected chi connectivity index (χ2v) is 7.13. The maximum absolute atomic E-state index is 13.5. The highest BCUT2D eigenvalue weighted by Crippen LogP contribution is 2.22. The summed E-state index contributed by atoms with van der Waals surface area (Å²) in [6.45, 7) is 7.22. The van der Waals surface area contributed by atoms with Gasteiger partial charge in [0.25, 0.3) is 0 Å². The molecule has 0 spiro atoms. The zero-order valence-corrected chi connectivity index (χ0v) is 14.9. The van der Waals surface area contributed by atoms with E-state index in [4.69, 9.17) is 12.2 Å². The predicted octanol–water partition coefficient (Wildman–Crippen LogP) is 4.43. The smallest absolute Gasteiger partial charge is 0.166 e. The van der Waals surface area contributed by atoms with Crippen molar-refractivity contribution in [1.29, 1.82) is 0 Å². The van der Waals surface area contributed by atoms with Crippen LogP contribution in [0.25, 0.3) is 0 Å². The van der Waals surface area contributed by atoms with E-state index < -0.39 is 11.6 Å². The Labute approximate surface area is 147 Å². The number of halogens is 2. The van der Waals surface area contributed by atoms with Crippen molar-refractivity contribution in [2.75, 3.05) is 0 Å². The lowest BCUT2D eigenvalue weighted by molar-refractivity contribution is 0.581. The number of thiocarbonyl (C=S) groups is 1. The minimum atomic E-state index is -0.467. The Morgan fingerprint density at radius 3 is 2.21 bits per heavy atom. The molecule has 2 aromatic rings. The molecule has 2 N–H and O–H groups in total. The SMILES string of the molecule is CC(C)(C)c1ccc(CNC(=S)NCc2cc(F)ccc2F)cc1.